The third-order valence-electron chi connectivity index (χ3n) is 8.23. The molecule has 0 saturated carbocycles. The van der Waals surface area contributed by atoms with Crippen LogP contribution in [-0.2, 0) is 24.8 Å². The third-order valence-corrected chi connectivity index (χ3v) is 8.23. The molecule has 3 unspecified atom stereocenters. The lowest BCUT2D eigenvalue weighted by Gasteiger charge is -2.34. The monoisotopic (exact) mass is 502 g/mol. The van der Waals surface area contributed by atoms with Crippen molar-refractivity contribution >= 4 is 22.7 Å². The number of hydrogen-bond acceptors (Lipinski definition) is 5. The molecular weight excluding hydrogens is 468 g/mol. The number of ether oxygens (including phenoxy) is 1. The van der Waals surface area contributed by atoms with Crippen LogP contribution in [-0.4, -0.2) is 82.3 Å². The summed E-state index contributed by atoms with van der Waals surface area (Å²) >= 11 is 0. The second kappa shape index (κ2) is 9.93. The number of amides is 2. The van der Waals surface area contributed by atoms with Crippen LogP contribution in [0.1, 0.15) is 44.8 Å². The zero-order valence-electron chi connectivity index (χ0n) is 21.2. The van der Waals surface area contributed by atoms with Crippen molar-refractivity contribution in [3.8, 4) is 0 Å². The lowest BCUT2D eigenvalue weighted by Crippen LogP contribution is -2.49. The molecule has 0 aliphatic carbocycles. The fourth-order valence-corrected chi connectivity index (χ4v) is 6.27. The molecule has 1 aromatic heterocycles. The molecule has 3 aliphatic rings. The van der Waals surface area contributed by atoms with Gasteiger partial charge in [0, 0.05) is 61.0 Å². The van der Waals surface area contributed by atoms with Crippen molar-refractivity contribution in [3.63, 3.8) is 0 Å². The summed E-state index contributed by atoms with van der Waals surface area (Å²) in [6.07, 6.45) is 2.25. The molecule has 3 atom stereocenters. The van der Waals surface area contributed by atoms with E-state index < -0.39 is 6.10 Å². The Labute approximate surface area is 216 Å². The molecule has 0 radical (unpaired) electrons. The molecule has 37 heavy (non-hydrogen) atoms. The predicted molar refractivity (Wildman–Crippen MR) is 140 cm³/mol. The first-order valence-electron chi connectivity index (χ1n) is 13.2. The fourth-order valence-electron chi connectivity index (χ4n) is 6.27. The average molecular weight is 503 g/mol. The molecule has 8 nitrogen and oxygen atoms in total. The highest BCUT2D eigenvalue weighted by molar-refractivity contribution is 5.98. The van der Waals surface area contributed by atoms with Gasteiger partial charge in [0.25, 0.3) is 11.8 Å². The number of carbonyl (C=O) groups excluding carboxylic acids is 2. The van der Waals surface area contributed by atoms with Crippen LogP contribution in [0.2, 0.25) is 0 Å². The largest absolute Gasteiger partial charge is 0.390 e. The average Bonchev–Trinajstić information content (AvgIpc) is 3.35. The molecule has 3 aromatic rings. The van der Waals surface area contributed by atoms with Gasteiger partial charge in [-0.25, -0.2) is 0 Å². The van der Waals surface area contributed by atoms with Crippen LogP contribution in [0.25, 0.3) is 10.9 Å². The van der Waals surface area contributed by atoms with Gasteiger partial charge in [0.1, 0.15) is 0 Å². The number of morpholine rings is 1. The number of carbonyl (C=O) groups is 2. The lowest BCUT2D eigenvalue weighted by atomic mass is 10.0. The summed E-state index contributed by atoms with van der Waals surface area (Å²) in [4.78, 5) is 29.9. The van der Waals surface area contributed by atoms with Gasteiger partial charge in [0.2, 0.25) is 0 Å². The Balaban J connectivity index is 1.02. The van der Waals surface area contributed by atoms with Crippen molar-refractivity contribution in [1.82, 2.24) is 19.7 Å². The first-order valence-corrected chi connectivity index (χ1v) is 13.2. The van der Waals surface area contributed by atoms with E-state index in [1.807, 2.05) is 4.90 Å². The minimum absolute atomic E-state index is 0.00832. The molecular formula is C29H34N4O4. The van der Waals surface area contributed by atoms with E-state index in [1.54, 1.807) is 24.3 Å². The van der Waals surface area contributed by atoms with E-state index in [0.29, 0.717) is 30.9 Å². The van der Waals surface area contributed by atoms with Crippen molar-refractivity contribution in [2.24, 2.45) is 7.05 Å². The molecule has 2 saturated heterocycles. The van der Waals surface area contributed by atoms with Gasteiger partial charge in [-0.2, -0.15) is 0 Å². The number of fused-ring (bicyclic) bond motifs is 5. The summed E-state index contributed by atoms with van der Waals surface area (Å²) in [6, 6.07) is 15.6. The van der Waals surface area contributed by atoms with Gasteiger partial charge in [-0.05, 0) is 55.2 Å². The van der Waals surface area contributed by atoms with Crippen LogP contribution in [0, 0.1) is 0 Å². The van der Waals surface area contributed by atoms with Crippen LogP contribution in [0.3, 0.4) is 0 Å². The summed E-state index contributed by atoms with van der Waals surface area (Å²) in [5, 5.41) is 14.8. The van der Waals surface area contributed by atoms with Crippen LogP contribution in [0.4, 0.5) is 0 Å². The smallest absolute Gasteiger partial charge is 0.254 e. The summed E-state index contributed by atoms with van der Waals surface area (Å²) in [6.45, 7) is 3.54. The Morgan fingerprint density at radius 3 is 2.51 bits per heavy atom. The number of nitrogens with one attached hydrogen (secondary N) is 1. The van der Waals surface area contributed by atoms with E-state index in [4.69, 9.17) is 4.74 Å². The molecule has 8 heteroatoms. The molecule has 2 N–H and O–H groups in total. The lowest BCUT2D eigenvalue weighted by molar-refractivity contribution is -0.00716. The second-order valence-electron chi connectivity index (χ2n) is 10.6. The molecule has 4 heterocycles. The molecule has 2 bridgehead atoms. The van der Waals surface area contributed by atoms with Crippen LogP contribution >= 0.6 is 0 Å². The zero-order chi connectivity index (χ0) is 25.5. The summed E-state index contributed by atoms with van der Waals surface area (Å²) in [5.74, 6) is -0.243. The summed E-state index contributed by atoms with van der Waals surface area (Å²) in [5.41, 5.74) is 5.01. The number of aliphatic hydroxyl groups excluding tert-OH is 1. The third kappa shape index (κ3) is 4.54. The second-order valence-corrected chi connectivity index (χ2v) is 10.6. The Morgan fingerprint density at radius 2 is 1.76 bits per heavy atom. The van der Waals surface area contributed by atoms with Crippen LogP contribution in [0.15, 0.2) is 48.5 Å². The summed E-state index contributed by atoms with van der Waals surface area (Å²) in [7, 11) is 2.10. The highest BCUT2D eigenvalue weighted by Gasteiger charge is 2.40. The normalized spacial score (nSPS) is 22.2. The number of aromatic nitrogens is 1. The molecule has 2 amide bonds. The van der Waals surface area contributed by atoms with E-state index in [9.17, 15) is 14.7 Å². The van der Waals surface area contributed by atoms with Gasteiger partial charge in [-0.15, -0.1) is 0 Å². The quantitative estimate of drug-likeness (QED) is 0.540. The van der Waals surface area contributed by atoms with E-state index >= 15 is 0 Å². The predicted octanol–water partition coefficient (Wildman–Crippen LogP) is 2.33. The number of rotatable bonds is 6. The van der Waals surface area contributed by atoms with Crippen LogP contribution < -0.4 is 5.32 Å². The highest BCUT2D eigenvalue weighted by Crippen LogP contribution is 2.31. The Hall–Kier alpha value is -3.20. The molecule has 194 valence electrons. The molecule has 2 aromatic carbocycles. The maximum absolute atomic E-state index is 13.0. The maximum atomic E-state index is 13.0. The van der Waals surface area contributed by atoms with Gasteiger partial charge in [0.15, 0.2) is 0 Å². The molecule has 3 aliphatic heterocycles. The topological polar surface area (TPSA) is 87.0 Å². The highest BCUT2D eigenvalue weighted by atomic mass is 16.5. The van der Waals surface area contributed by atoms with E-state index in [-0.39, 0.29) is 30.4 Å². The standard InChI is InChI=1S/C29H34N4O4/c1-31-26-5-3-2-4-24(26)25-12-13-32(16-27(25)31)15-23(34)14-30-28(35)19-6-8-20(9-7-19)29(36)33-21-10-11-22(33)18-37-17-21/h2-9,21-23,34H,10-18H2,1H3,(H,30,35). The number of nitrogens with zero attached hydrogens (tertiary/aromatic N) is 3. The minimum atomic E-state index is -0.669. The Bertz CT molecular complexity index is 1300. The van der Waals surface area contributed by atoms with Gasteiger partial charge < -0.3 is 24.6 Å². The number of benzene rings is 2. The maximum Gasteiger partial charge on any atom is 0.254 e. The number of β-amino-alcohol motifs (C(OH)–C–C–N with tert-alkyl or cyclic N) is 1. The number of aryl methyl sites for hydroxylation is 1. The van der Waals surface area contributed by atoms with Crippen molar-refractivity contribution in [3.05, 3.63) is 70.9 Å². The van der Waals surface area contributed by atoms with Crippen molar-refractivity contribution in [2.45, 2.75) is 44.0 Å². The minimum Gasteiger partial charge on any atom is -0.390 e. The van der Waals surface area contributed by atoms with Crippen molar-refractivity contribution < 1.29 is 19.4 Å². The first kappa shape index (κ1) is 24.2. The van der Waals surface area contributed by atoms with Crippen LogP contribution in [0.5, 0.6) is 0 Å². The van der Waals surface area contributed by atoms with Crippen molar-refractivity contribution in [2.75, 3.05) is 32.8 Å². The van der Waals surface area contributed by atoms with E-state index in [1.165, 1.54) is 22.2 Å². The fraction of sp³-hybridized carbons (Fsp3) is 0.448. The SMILES string of the molecule is Cn1c2c(c3ccccc31)CCN(CC(O)CNC(=O)c1ccc(C(=O)N3C4CCC3COC4)cc1)C2. The zero-order valence-corrected chi connectivity index (χ0v) is 21.2. The van der Waals surface area contributed by atoms with Gasteiger partial charge in [-0.1, -0.05) is 18.2 Å². The number of aliphatic hydroxyl groups is 1. The van der Waals surface area contributed by atoms with Gasteiger partial charge in [-0.3, -0.25) is 14.5 Å². The van der Waals surface area contributed by atoms with E-state index in [2.05, 4.69) is 46.1 Å². The number of hydrogen-bond donors (Lipinski definition) is 2. The Kier molecular flexibility index (Phi) is 6.48. The molecule has 6 rings (SSSR count). The van der Waals surface area contributed by atoms with Gasteiger partial charge >= 0.3 is 0 Å². The van der Waals surface area contributed by atoms with Crippen molar-refractivity contribution in [1.29, 1.82) is 0 Å². The van der Waals surface area contributed by atoms with Gasteiger partial charge in [0.05, 0.1) is 31.4 Å². The molecule has 2 fully saturated rings. The molecule has 0 spiro atoms. The van der Waals surface area contributed by atoms with E-state index in [0.717, 1.165) is 32.4 Å². The first-order chi connectivity index (χ1) is 18.0. The number of para-hydroxylation sites is 1. The summed E-state index contributed by atoms with van der Waals surface area (Å²) < 4.78 is 7.83. The Morgan fingerprint density at radius 1 is 1.05 bits per heavy atom.